The molecule has 1 N–H and O–H groups in total. The second-order valence-electron chi connectivity index (χ2n) is 8.75. The fraction of sp³-hybridized carbons (Fsp3) is 0.214. The largest absolute Gasteiger partial charge is 0.497 e. The number of aromatic nitrogens is 2. The molecule has 7 nitrogen and oxygen atoms in total. The summed E-state index contributed by atoms with van der Waals surface area (Å²) in [5.41, 5.74) is 5.06. The van der Waals surface area contributed by atoms with Crippen molar-refractivity contribution < 1.29 is 9.47 Å². The van der Waals surface area contributed by atoms with Gasteiger partial charge < -0.3 is 29.2 Å². The Kier molecular flexibility index (Phi) is 6.52. The molecule has 0 spiro atoms. The maximum absolute atomic E-state index is 5.91. The lowest BCUT2D eigenvalue weighted by Crippen LogP contribution is -2.30. The van der Waals surface area contributed by atoms with Crippen LogP contribution in [0.25, 0.3) is 5.69 Å². The topological polar surface area (TPSA) is 54.8 Å². The van der Waals surface area contributed by atoms with E-state index in [1.807, 2.05) is 56.7 Å². The monoisotopic (exact) mass is 499 g/mol. The van der Waals surface area contributed by atoms with Crippen molar-refractivity contribution in [3.05, 3.63) is 96.6 Å². The van der Waals surface area contributed by atoms with Crippen molar-refractivity contribution in [2.45, 2.75) is 12.1 Å². The smallest absolute Gasteiger partial charge is 0.174 e. The number of nitrogens with zero attached hydrogens (tertiary/aromatic N) is 4. The number of nitrogens with one attached hydrogen (secondary N) is 1. The Labute approximate surface area is 216 Å². The molecule has 36 heavy (non-hydrogen) atoms. The summed E-state index contributed by atoms with van der Waals surface area (Å²) >= 11 is 5.91. The molecule has 5 rings (SSSR count). The molecule has 2 aromatic carbocycles. The first-order valence-electron chi connectivity index (χ1n) is 11.7. The zero-order valence-electron chi connectivity index (χ0n) is 20.8. The summed E-state index contributed by atoms with van der Waals surface area (Å²) < 4.78 is 13.4. The molecule has 0 unspecified atom stereocenters. The fourth-order valence-electron chi connectivity index (χ4n) is 4.68. The van der Waals surface area contributed by atoms with Gasteiger partial charge in [-0.05, 0) is 72.9 Å². The van der Waals surface area contributed by atoms with Crippen LogP contribution in [-0.2, 0) is 0 Å². The van der Waals surface area contributed by atoms with Gasteiger partial charge >= 0.3 is 0 Å². The second-order valence-corrected chi connectivity index (χ2v) is 9.13. The molecule has 4 aromatic rings. The normalized spacial score (nSPS) is 17.1. The molecular weight excluding hydrogens is 470 g/mol. The summed E-state index contributed by atoms with van der Waals surface area (Å²) in [5.74, 6) is 1.40. The fourth-order valence-corrected chi connectivity index (χ4v) is 5.02. The quantitative estimate of drug-likeness (QED) is 0.354. The molecular formula is C28H29N5O2S. The number of thiocarbonyl (C=S) groups is 1. The Bertz CT molecular complexity index is 1350. The number of pyridine rings is 1. The highest BCUT2D eigenvalue weighted by molar-refractivity contribution is 7.80. The lowest BCUT2D eigenvalue weighted by molar-refractivity contribution is 0.394. The van der Waals surface area contributed by atoms with Gasteiger partial charge in [-0.15, -0.1) is 0 Å². The van der Waals surface area contributed by atoms with Crippen molar-refractivity contribution >= 4 is 28.7 Å². The van der Waals surface area contributed by atoms with Crippen molar-refractivity contribution in [2.75, 3.05) is 38.1 Å². The first-order chi connectivity index (χ1) is 17.5. The van der Waals surface area contributed by atoms with E-state index in [1.54, 1.807) is 14.2 Å². The zero-order chi connectivity index (χ0) is 25.2. The van der Waals surface area contributed by atoms with Gasteiger partial charge in [0.15, 0.2) is 5.11 Å². The number of ether oxygens (including phenoxy) is 2. The van der Waals surface area contributed by atoms with Crippen LogP contribution in [0.2, 0.25) is 0 Å². The van der Waals surface area contributed by atoms with Gasteiger partial charge in [-0.25, -0.2) is 0 Å². The Morgan fingerprint density at radius 2 is 1.75 bits per heavy atom. The molecule has 1 aliphatic heterocycles. The van der Waals surface area contributed by atoms with Gasteiger partial charge in [0, 0.05) is 49.6 Å². The third-order valence-electron chi connectivity index (χ3n) is 6.47. The molecule has 0 radical (unpaired) electrons. The summed E-state index contributed by atoms with van der Waals surface area (Å²) in [6.07, 6.45) is 3.90. The predicted octanol–water partition coefficient (Wildman–Crippen LogP) is 5.13. The number of rotatable bonds is 7. The minimum Gasteiger partial charge on any atom is -0.497 e. The maximum atomic E-state index is 5.91. The molecule has 2 atom stereocenters. The van der Waals surface area contributed by atoms with E-state index in [1.165, 1.54) is 0 Å². The van der Waals surface area contributed by atoms with Crippen LogP contribution < -0.4 is 24.6 Å². The highest BCUT2D eigenvalue weighted by Gasteiger charge is 2.43. The van der Waals surface area contributed by atoms with E-state index in [9.17, 15) is 0 Å². The van der Waals surface area contributed by atoms with Crippen LogP contribution in [0.15, 0.2) is 85.2 Å². The molecule has 1 aliphatic rings. The van der Waals surface area contributed by atoms with E-state index < -0.39 is 0 Å². The first kappa shape index (κ1) is 23.7. The van der Waals surface area contributed by atoms with E-state index in [4.69, 9.17) is 21.7 Å². The lowest BCUT2D eigenvalue weighted by Gasteiger charge is -2.30. The van der Waals surface area contributed by atoms with Crippen LogP contribution in [0.5, 0.6) is 11.5 Å². The predicted molar refractivity (Wildman–Crippen MR) is 148 cm³/mol. The minimum absolute atomic E-state index is 0.166. The zero-order valence-corrected chi connectivity index (χ0v) is 21.6. The van der Waals surface area contributed by atoms with Gasteiger partial charge in [0.1, 0.15) is 17.5 Å². The average molecular weight is 500 g/mol. The molecule has 0 amide bonds. The van der Waals surface area contributed by atoms with E-state index in [0.717, 1.165) is 34.2 Å². The van der Waals surface area contributed by atoms with Crippen LogP contribution in [0.1, 0.15) is 23.5 Å². The van der Waals surface area contributed by atoms with Crippen molar-refractivity contribution in [3.8, 4) is 17.2 Å². The molecule has 2 aromatic heterocycles. The van der Waals surface area contributed by atoms with E-state index in [0.29, 0.717) is 10.9 Å². The van der Waals surface area contributed by atoms with Crippen LogP contribution in [-0.4, -0.2) is 43.0 Å². The Morgan fingerprint density at radius 1 is 0.944 bits per heavy atom. The van der Waals surface area contributed by atoms with Crippen LogP contribution in [0.3, 0.4) is 0 Å². The maximum Gasteiger partial charge on any atom is 0.174 e. The second kappa shape index (κ2) is 9.91. The standard InChI is InChI=1S/C28H29N5O2S/c1-31(2)19-10-12-20(13-11-19)32-17-7-9-24(32)27-26(22-8-5-6-16-29-22)30-28(36)33(27)23-15-14-21(34-3)18-25(23)35-4/h5-18,26-27H,1-4H3,(H,30,36)/t26-,27+/m1/s1. The molecule has 1 saturated heterocycles. The highest BCUT2D eigenvalue weighted by Crippen LogP contribution is 2.45. The summed E-state index contributed by atoms with van der Waals surface area (Å²) in [6.45, 7) is 0. The number of hydrogen-bond acceptors (Lipinski definition) is 5. The molecule has 0 bridgehead atoms. The molecule has 3 heterocycles. The lowest BCUT2D eigenvalue weighted by atomic mass is 10.0. The van der Waals surface area contributed by atoms with Gasteiger partial charge in [0.25, 0.3) is 0 Å². The highest BCUT2D eigenvalue weighted by atomic mass is 32.1. The van der Waals surface area contributed by atoms with E-state index in [2.05, 4.69) is 67.3 Å². The summed E-state index contributed by atoms with van der Waals surface area (Å²) in [6, 6.07) is 24.1. The Balaban J connectivity index is 1.65. The van der Waals surface area contributed by atoms with Crippen molar-refractivity contribution in [3.63, 3.8) is 0 Å². The van der Waals surface area contributed by atoms with E-state index >= 15 is 0 Å². The molecule has 184 valence electrons. The SMILES string of the molecule is COc1ccc(N2C(=S)N[C@H](c3ccccn3)[C@@H]2c2cccn2-c2ccc(N(C)C)cc2)c(OC)c1. The first-order valence-corrected chi connectivity index (χ1v) is 12.1. The number of benzene rings is 2. The van der Waals surface area contributed by atoms with Crippen LogP contribution in [0, 0.1) is 0 Å². The van der Waals surface area contributed by atoms with Crippen LogP contribution in [0.4, 0.5) is 11.4 Å². The average Bonchev–Trinajstić information content (AvgIpc) is 3.53. The van der Waals surface area contributed by atoms with Crippen LogP contribution >= 0.6 is 12.2 Å². The van der Waals surface area contributed by atoms with Gasteiger partial charge in [0.2, 0.25) is 0 Å². The van der Waals surface area contributed by atoms with Gasteiger partial charge in [-0.3, -0.25) is 4.98 Å². The van der Waals surface area contributed by atoms with Gasteiger partial charge in [-0.1, -0.05) is 6.07 Å². The Morgan fingerprint density at radius 3 is 2.42 bits per heavy atom. The molecule has 0 aliphatic carbocycles. The summed E-state index contributed by atoms with van der Waals surface area (Å²) in [4.78, 5) is 8.88. The number of methoxy groups -OCH3 is 2. The number of anilines is 2. The molecule has 0 saturated carbocycles. The van der Waals surface area contributed by atoms with Crippen molar-refractivity contribution in [1.82, 2.24) is 14.9 Å². The van der Waals surface area contributed by atoms with E-state index in [-0.39, 0.29) is 12.1 Å². The van der Waals surface area contributed by atoms with Crippen molar-refractivity contribution in [2.24, 2.45) is 0 Å². The minimum atomic E-state index is -0.182. The van der Waals surface area contributed by atoms with Gasteiger partial charge in [0.05, 0.1) is 31.6 Å². The molecule has 8 heteroatoms. The van der Waals surface area contributed by atoms with Crippen molar-refractivity contribution in [1.29, 1.82) is 0 Å². The summed E-state index contributed by atoms with van der Waals surface area (Å²) in [7, 11) is 7.38. The van der Waals surface area contributed by atoms with Gasteiger partial charge in [-0.2, -0.15) is 0 Å². The summed E-state index contributed by atoms with van der Waals surface area (Å²) in [5, 5.41) is 4.13. The Hall–Kier alpha value is -4.04. The number of hydrogen-bond donors (Lipinski definition) is 1. The third kappa shape index (κ3) is 4.24. The molecule has 1 fully saturated rings. The third-order valence-corrected chi connectivity index (χ3v) is 6.79.